The molecule has 6 heteroatoms. The van der Waals surface area contributed by atoms with E-state index in [1.807, 2.05) is 0 Å². The van der Waals surface area contributed by atoms with Crippen LogP contribution >= 0.6 is 11.6 Å². The minimum Gasteiger partial charge on any atom is -0.396 e. The SMILES string of the molecule is NC(=O)C1CC(=O)N(c2cccc(Cl)c2N)C1. The second-order valence-corrected chi connectivity index (χ2v) is 4.39. The highest BCUT2D eigenvalue weighted by atomic mass is 35.5. The number of rotatable bonds is 2. The summed E-state index contributed by atoms with van der Waals surface area (Å²) in [4.78, 5) is 24.3. The number of anilines is 2. The second-order valence-electron chi connectivity index (χ2n) is 3.98. The summed E-state index contributed by atoms with van der Waals surface area (Å²) < 4.78 is 0. The molecule has 1 atom stereocenters. The first-order valence-electron chi connectivity index (χ1n) is 5.14. The second kappa shape index (κ2) is 4.25. The first-order valence-corrected chi connectivity index (χ1v) is 5.52. The van der Waals surface area contributed by atoms with Crippen molar-refractivity contribution in [3.05, 3.63) is 23.2 Å². The molecule has 0 aromatic heterocycles. The lowest BCUT2D eigenvalue weighted by atomic mass is 10.1. The fraction of sp³-hybridized carbons (Fsp3) is 0.273. The normalized spacial score (nSPS) is 19.7. The largest absolute Gasteiger partial charge is 0.396 e. The number of carbonyl (C=O) groups is 2. The van der Waals surface area contributed by atoms with Gasteiger partial charge in [-0.15, -0.1) is 0 Å². The van der Waals surface area contributed by atoms with Crippen molar-refractivity contribution in [1.29, 1.82) is 0 Å². The van der Waals surface area contributed by atoms with Gasteiger partial charge in [0.1, 0.15) is 0 Å². The molecule has 0 aliphatic carbocycles. The van der Waals surface area contributed by atoms with E-state index in [0.29, 0.717) is 16.4 Å². The molecule has 90 valence electrons. The number of benzene rings is 1. The van der Waals surface area contributed by atoms with Crippen LogP contribution in [0.25, 0.3) is 0 Å². The van der Waals surface area contributed by atoms with E-state index in [2.05, 4.69) is 0 Å². The topological polar surface area (TPSA) is 89.4 Å². The molecule has 17 heavy (non-hydrogen) atoms. The third-order valence-corrected chi connectivity index (χ3v) is 3.18. The number of para-hydroxylation sites is 1. The van der Waals surface area contributed by atoms with Gasteiger partial charge in [-0.1, -0.05) is 17.7 Å². The van der Waals surface area contributed by atoms with Crippen molar-refractivity contribution in [2.75, 3.05) is 17.2 Å². The molecule has 0 spiro atoms. The maximum absolute atomic E-state index is 11.8. The highest BCUT2D eigenvalue weighted by Crippen LogP contribution is 2.33. The van der Waals surface area contributed by atoms with E-state index < -0.39 is 11.8 Å². The van der Waals surface area contributed by atoms with Gasteiger partial charge in [-0.2, -0.15) is 0 Å². The van der Waals surface area contributed by atoms with Gasteiger partial charge in [-0.05, 0) is 12.1 Å². The average molecular weight is 254 g/mol. The molecule has 0 bridgehead atoms. The lowest BCUT2D eigenvalue weighted by Gasteiger charge is -2.18. The number of primary amides is 1. The van der Waals surface area contributed by atoms with E-state index in [-0.39, 0.29) is 18.9 Å². The molecule has 5 nitrogen and oxygen atoms in total. The predicted octanol–water partition coefficient (Wildman–Crippen LogP) is 0.760. The Bertz CT molecular complexity index is 490. The van der Waals surface area contributed by atoms with Gasteiger partial charge >= 0.3 is 0 Å². The van der Waals surface area contributed by atoms with E-state index in [1.54, 1.807) is 18.2 Å². The van der Waals surface area contributed by atoms with E-state index in [9.17, 15) is 9.59 Å². The standard InChI is InChI=1S/C11H12ClN3O2/c12-7-2-1-3-8(10(7)13)15-5-6(11(14)17)4-9(15)16/h1-3,6H,4-5,13H2,(H2,14,17). The summed E-state index contributed by atoms with van der Waals surface area (Å²) in [6.45, 7) is 0.263. The summed E-state index contributed by atoms with van der Waals surface area (Å²) in [7, 11) is 0. The summed E-state index contributed by atoms with van der Waals surface area (Å²) in [5.41, 5.74) is 11.9. The summed E-state index contributed by atoms with van der Waals surface area (Å²) in [5, 5.41) is 0.387. The van der Waals surface area contributed by atoms with Gasteiger partial charge < -0.3 is 16.4 Å². The van der Waals surface area contributed by atoms with Crippen molar-refractivity contribution in [1.82, 2.24) is 0 Å². The Hall–Kier alpha value is -1.75. The zero-order chi connectivity index (χ0) is 12.6. The number of hydrogen-bond acceptors (Lipinski definition) is 3. The van der Waals surface area contributed by atoms with Gasteiger partial charge in [0.15, 0.2) is 0 Å². The summed E-state index contributed by atoms with van der Waals surface area (Å²) in [5.74, 6) is -1.09. The number of hydrogen-bond donors (Lipinski definition) is 2. The Morgan fingerprint density at radius 1 is 1.47 bits per heavy atom. The number of amides is 2. The predicted molar refractivity (Wildman–Crippen MR) is 65.5 cm³/mol. The van der Waals surface area contributed by atoms with Crippen molar-refractivity contribution in [2.45, 2.75) is 6.42 Å². The maximum Gasteiger partial charge on any atom is 0.227 e. The van der Waals surface area contributed by atoms with Crippen LogP contribution in [0.4, 0.5) is 11.4 Å². The van der Waals surface area contributed by atoms with Gasteiger partial charge in [-0.3, -0.25) is 9.59 Å². The van der Waals surface area contributed by atoms with E-state index >= 15 is 0 Å². The van der Waals surface area contributed by atoms with Crippen LogP contribution in [-0.2, 0) is 9.59 Å². The van der Waals surface area contributed by atoms with Crippen LogP contribution in [0.3, 0.4) is 0 Å². The summed E-state index contributed by atoms with van der Waals surface area (Å²) >= 11 is 5.88. The Morgan fingerprint density at radius 3 is 2.76 bits per heavy atom. The van der Waals surface area contributed by atoms with Crippen LogP contribution in [0.15, 0.2) is 18.2 Å². The van der Waals surface area contributed by atoms with Crippen molar-refractivity contribution >= 4 is 34.8 Å². The van der Waals surface area contributed by atoms with Gasteiger partial charge in [0, 0.05) is 13.0 Å². The van der Waals surface area contributed by atoms with Crippen LogP contribution < -0.4 is 16.4 Å². The first-order chi connectivity index (χ1) is 8.00. The highest BCUT2D eigenvalue weighted by molar-refractivity contribution is 6.34. The third-order valence-electron chi connectivity index (χ3n) is 2.85. The highest BCUT2D eigenvalue weighted by Gasteiger charge is 2.34. The number of halogens is 1. The van der Waals surface area contributed by atoms with Crippen molar-refractivity contribution in [3.8, 4) is 0 Å². The minimum absolute atomic E-state index is 0.126. The summed E-state index contributed by atoms with van der Waals surface area (Å²) in [6, 6.07) is 5.05. The quantitative estimate of drug-likeness (QED) is 0.763. The Kier molecular flexibility index (Phi) is 2.93. The molecular weight excluding hydrogens is 242 g/mol. The zero-order valence-corrected chi connectivity index (χ0v) is 9.78. The third kappa shape index (κ3) is 2.06. The minimum atomic E-state index is -0.471. The number of carbonyl (C=O) groups excluding carboxylic acids is 2. The molecule has 1 heterocycles. The molecule has 1 aromatic carbocycles. The van der Waals surface area contributed by atoms with Crippen LogP contribution in [0, 0.1) is 5.92 Å². The molecule has 1 aliphatic rings. The molecule has 1 aliphatic heterocycles. The zero-order valence-electron chi connectivity index (χ0n) is 9.02. The molecule has 1 fully saturated rings. The molecule has 2 rings (SSSR count). The van der Waals surface area contributed by atoms with E-state index in [0.717, 1.165) is 0 Å². The molecule has 1 unspecified atom stereocenters. The van der Waals surface area contributed by atoms with Gasteiger partial charge in [0.05, 0.1) is 22.3 Å². The maximum atomic E-state index is 11.8. The lowest BCUT2D eigenvalue weighted by Crippen LogP contribution is -2.28. The van der Waals surface area contributed by atoms with E-state index in [4.69, 9.17) is 23.1 Å². The molecule has 0 saturated carbocycles. The van der Waals surface area contributed by atoms with Crippen molar-refractivity contribution < 1.29 is 9.59 Å². The number of nitrogen functional groups attached to an aromatic ring is 1. The molecule has 1 aromatic rings. The molecular formula is C11H12ClN3O2. The molecule has 0 radical (unpaired) electrons. The number of nitrogens with two attached hydrogens (primary N) is 2. The summed E-state index contributed by atoms with van der Waals surface area (Å²) in [6.07, 6.45) is 0.126. The molecule has 2 amide bonds. The fourth-order valence-electron chi connectivity index (χ4n) is 1.89. The van der Waals surface area contributed by atoms with Crippen LogP contribution in [0.5, 0.6) is 0 Å². The fourth-order valence-corrected chi connectivity index (χ4v) is 2.06. The van der Waals surface area contributed by atoms with Crippen molar-refractivity contribution in [3.63, 3.8) is 0 Å². The Morgan fingerprint density at radius 2 is 2.18 bits per heavy atom. The van der Waals surface area contributed by atoms with Crippen molar-refractivity contribution in [2.24, 2.45) is 11.7 Å². The smallest absolute Gasteiger partial charge is 0.227 e. The van der Waals surface area contributed by atoms with Crippen LogP contribution in [0.1, 0.15) is 6.42 Å². The molecule has 4 N–H and O–H groups in total. The van der Waals surface area contributed by atoms with E-state index in [1.165, 1.54) is 4.90 Å². The van der Waals surface area contributed by atoms with Gasteiger partial charge in [-0.25, -0.2) is 0 Å². The Balaban J connectivity index is 2.32. The monoisotopic (exact) mass is 253 g/mol. The first kappa shape index (κ1) is 11.7. The molecule has 1 saturated heterocycles. The van der Waals surface area contributed by atoms with Crippen LogP contribution in [0.2, 0.25) is 5.02 Å². The number of nitrogens with zero attached hydrogens (tertiary/aromatic N) is 1. The average Bonchev–Trinajstić information content (AvgIpc) is 2.65. The van der Waals surface area contributed by atoms with Gasteiger partial charge in [0.25, 0.3) is 0 Å². The Labute approximate surface area is 103 Å². The lowest BCUT2D eigenvalue weighted by molar-refractivity contribution is -0.123. The van der Waals surface area contributed by atoms with Crippen LogP contribution in [-0.4, -0.2) is 18.4 Å². The van der Waals surface area contributed by atoms with Gasteiger partial charge in [0.2, 0.25) is 11.8 Å².